The van der Waals surface area contributed by atoms with E-state index in [-0.39, 0.29) is 5.75 Å². The molecule has 0 unspecified atom stereocenters. The lowest BCUT2D eigenvalue weighted by Crippen LogP contribution is -2.08. The third-order valence-corrected chi connectivity index (χ3v) is 2.82. The normalized spacial score (nSPS) is 9.79. The fourth-order valence-corrected chi connectivity index (χ4v) is 1.85. The van der Waals surface area contributed by atoms with E-state index in [0.29, 0.717) is 11.4 Å². The first-order valence-electron chi connectivity index (χ1n) is 5.67. The summed E-state index contributed by atoms with van der Waals surface area (Å²) in [4.78, 5) is 9.96. The Bertz CT molecular complexity index is 649. The summed E-state index contributed by atoms with van der Waals surface area (Å²) in [6.45, 7) is 0. The molecule has 0 amide bonds. The van der Waals surface area contributed by atoms with Gasteiger partial charge in [-0.25, -0.2) is 4.98 Å². The van der Waals surface area contributed by atoms with Gasteiger partial charge in [0.15, 0.2) is 5.82 Å². The van der Waals surface area contributed by atoms with Crippen molar-refractivity contribution in [3.63, 3.8) is 0 Å². The number of hydrogen-bond donors (Lipinski definition) is 1. The first-order chi connectivity index (χ1) is 9.13. The third-order valence-electron chi connectivity index (χ3n) is 2.73. The Morgan fingerprint density at radius 2 is 2.05 bits per heavy atom. The summed E-state index contributed by atoms with van der Waals surface area (Å²) in [5.41, 5.74) is 2.32. The molecule has 2 rings (SSSR count). The topological polar surface area (TPSA) is 48.7 Å². The van der Waals surface area contributed by atoms with Crippen LogP contribution in [0.2, 0.25) is 0 Å². The molecule has 2 aromatic rings. The Balaban J connectivity index is 2.56. The van der Waals surface area contributed by atoms with Crippen LogP contribution in [0.25, 0.3) is 11.1 Å². The van der Waals surface area contributed by atoms with Crippen molar-refractivity contribution in [2.45, 2.75) is 0 Å². The molecule has 0 saturated heterocycles. The lowest BCUT2D eigenvalue weighted by atomic mass is 10.0. The van der Waals surface area contributed by atoms with Crippen LogP contribution in [0.1, 0.15) is 0 Å². The van der Waals surface area contributed by atoms with E-state index in [4.69, 9.17) is 0 Å². The largest absolute Gasteiger partial charge is 0.507 e. The molecule has 0 fully saturated rings. The number of phenols is 1. The minimum Gasteiger partial charge on any atom is -0.507 e. The SMILES string of the molecule is CN(C)c1ccc(-c2cccnc2N=C=S)c(O)c1. The molecule has 19 heavy (non-hydrogen) atoms. The molecule has 0 radical (unpaired) electrons. The highest BCUT2D eigenvalue weighted by molar-refractivity contribution is 7.78. The summed E-state index contributed by atoms with van der Waals surface area (Å²) in [5, 5.41) is 12.4. The second kappa shape index (κ2) is 5.61. The molecule has 4 nitrogen and oxygen atoms in total. The van der Waals surface area contributed by atoms with Crippen LogP contribution in [0.15, 0.2) is 41.5 Å². The number of aromatic nitrogens is 1. The van der Waals surface area contributed by atoms with E-state index in [0.717, 1.165) is 11.3 Å². The summed E-state index contributed by atoms with van der Waals surface area (Å²) in [6.07, 6.45) is 1.63. The van der Waals surface area contributed by atoms with E-state index in [9.17, 15) is 5.11 Å². The van der Waals surface area contributed by atoms with Crippen molar-refractivity contribution in [3.8, 4) is 16.9 Å². The molecule has 1 N–H and O–H groups in total. The highest BCUT2D eigenvalue weighted by Crippen LogP contribution is 2.36. The summed E-state index contributed by atoms with van der Waals surface area (Å²) in [5.74, 6) is 0.630. The number of nitrogens with zero attached hydrogens (tertiary/aromatic N) is 3. The van der Waals surface area contributed by atoms with Gasteiger partial charge in [0.25, 0.3) is 0 Å². The van der Waals surface area contributed by atoms with Gasteiger partial charge in [-0.2, -0.15) is 4.99 Å². The summed E-state index contributed by atoms with van der Waals surface area (Å²) < 4.78 is 0. The van der Waals surface area contributed by atoms with Crippen LogP contribution in [-0.4, -0.2) is 29.3 Å². The summed E-state index contributed by atoms with van der Waals surface area (Å²) >= 11 is 4.61. The van der Waals surface area contributed by atoms with Gasteiger partial charge in [0.1, 0.15) is 5.75 Å². The average molecular weight is 271 g/mol. The van der Waals surface area contributed by atoms with Crippen molar-refractivity contribution >= 4 is 28.9 Å². The molecule has 96 valence electrons. The van der Waals surface area contributed by atoms with E-state index in [1.54, 1.807) is 18.3 Å². The fourth-order valence-electron chi connectivity index (χ4n) is 1.77. The van der Waals surface area contributed by atoms with E-state index in [1.807, 2.05) is 37.2 Å². The zero-order valence-electron chi connectivity index (χ0n) is 10.7. The van der Waals surface area contributed by atoms with Gasteiger partial charge < -0.3 is 10.0 Å². The standard InChI is InChI=1S/C14H13N3OS/c1-17(2)10-5-6-11(13(18)8-10)12-4-3-7-15-14(12)16-9-19/h3-8,18H,1-2H3. The molecule has 0 atom stereocenters. The second-order valence-corrected chi connectivity index (χ2v) is 4.36. The zero-order chi connectivity index (χ0) is 13.8. The molecular formula is C14H13N3OS. The number of aliphatic imine (C=N–C) groups is 1. The Morgan fingerprint density at radius 3 is 2.68 bits per heavy atom. The lowest BCUT2D eigenvalue weighted by molar-refractivity contribution is 0.477. The predicted molar refractivity (Wildman–Crippen MR) is 80.4 cm³/mol. The molecule has 0 bridgehead atoms. The van der Waals surface area contributed by atoms with Gasteiger partial charge in [0.05, 0.1) is 5.16 Å². The number of isothiocyanates is 1. The first kappa shape index (κ1) is 13.2. The zero-order valence-corrected chi connectivity index (χ0v) is 11.5. The Hall–Kier alpha value is -2.23. The molecule has 1 aromatic carbocycles. The monoisotopic (exact) mass is 271 g/mol. The van der Waals surface area contributed by atoms with E-state index in [2.05, 4.69) is 27.4 Å². The maximum atomic E-state index is 10.1. The van der Waals surface area contributed by atoms with Gasteiger partial charge in [0.2, 0.25) is 0 Å². The number of hydrogen-bond acceptors (Lipinski definition) is 5. The maximum absolute atomic E-state index is 10.1. The maximum Gasteiger partial charge on any atom is 0.170 e. The van der Waals surface area contributed by atoms with Crippen molar-refractivity contribution in [2.75, 3.05) is 19.0 Å². The molecule has 5 heteroatoms. The Kier molecular flexibility index (Phi) is 3.90. The predicted octanol–water partition coefficient (Wildman–Crippen LogP) is 3.25. The van der Waals surface area contributed by atoms with Crippen LogP contribution in [0.3, 0.4) is 0 Å². The minimum atomic E-state index is 0.181. The van der Waals surface area contributed by atoms with Crippen LogP contribution in [0.4, 0.5) is 11.5 Å². The van der Waals surface area contributed by atoms with Crippen LogP contribution in [-0.2, 0) is 0 Å². The number of pyridine rings is 1. The minimum absolute atomic E-state index is 0.181. The van der Waals surface area contributed by atoms with Gasteiger partial charge in [-0.05, 0) is 36.5 Å². The van der Waals surface area contributed by atoms with Crippen LogP contribution in [0, 0.1) is 0 Å². The number of anilines is 1. The molecular weight excluding hydrogens is 258 g/mol. The molecule has 0 spiro atoms. The van der Waals surface area contributed by atoms with Gasteiger partial charge >= 0.3 is 0 Å². The van der Waals surface area contributed by atoms with Crippen molar-refractivity contribution < 1.29 is 5.11 Å². The quantitative estimate of drug-likeness (QED) is 0.687. The average Bonchev–Trinajstić information content (AvgIpc) is 2.40. The van der Waals surface area contributed by atoms with Gasteiger partial charge in [-0.15, -0.1) is 0 Å². The molecule has 0 aliphatic carbocycles. The molecule has 1 aromatic heterocycles. The molecule has 0 aliphatic heterocycles. The summed E-state index contributed by atoms with van der Waals surface area (Å²) in [7, 11) is 3.83. The van der Waals surface area contributed by atoms with Crippen molar-refractivity contribution in [2.24, 2.45) is 4.99 Å². The lowest BCUT2D eigenvalue weighted by Gasteiger charge is -2.14. The molecule has 0 saturated carbocycles. The van der Waals surface area contributed by atoms with Gasteiger partial charge in [-0.1, -0.05) is 0 Å². The third kappa shape index (κ3) is 2.78. The smallest absolute Gasteiger partial charge is 0.170 e. The van der Waals surface area contributed by atoms with Crippen LogP contribution in [0.5, 0.6) is 5.75 Å². The van der Waals surface area contributed by atoms with Gasteiger partial charge in [-0.3, -0.25) is 0 Å². The molecule has 1 heterocycles. The highest BCUT2D eigenvalue weighted by atomic mass is 32.1. The van der Waals surface area contributed by atoms with Crippen molar-refractivity contribution in [1.82, 2.24) is 4.98 Å². The Labute approximate surface area is 117 Å². The second-order valence-electron chi connectivity index (χ2n) is 4.17. The van der Waals surface area contributed by atoms with E-state index in [1.165, 1.54) is 0 Å². The Morgan fingerprint density at radius 1 is 1.26 bits per heavy atom. The van der Waals surface area contributed by atoms with Crippen molar-refractivity contribution in [1.29, 1.82) is 0 Å². The van der Waals surface area contributed by atoms with Crippen molar-refractivity contribution in [3.05, 3.63) is 36.5 Å². The van der Waals surface area contributed by atoms with Crippen LogP contribution < -0.4 is 4.90 Å². The number of rotatable bonds is 3. The highest BCUT2D eigenvalue weighted by Gasteiger charge is 2.10. The number of aromatic hydroxyl groups is 1. The van der Waals surface area contributed by atoms with Gasteiger partial charge in [0, 0.05) is 43.2 Å². The fraction of sp³-hybridized carbons (Fsp3) is 0.143. The molecule has 0 aliphatic rings. The first-order valence-corrected chi connectivity index (χ1v) is 6.08. The number of thiocarbonyl (C=S) groups is 1. The van der Waals surface area contributed by atoms with E-state index < -0.39 is 0 Å². The summed E-state index contributed by atoms with van der Waals surface area (Å²) in [6, 6.07) is 9.09. The number of phenolic OH excluding ortho intramolecular Hbond substituents is 1. The number of benzene rings is 1. The van der Waals surface area contributed by atoms with E-state index >= 15 is 0 Å². The van der Waals surface area contributed by atoms with Crippen LogP contribution >= 0.6 is 12.2 Å².